The Balaban J connectivity index is 1.38. The number of allylic oxidation sites excluding steroid dienone is 1. The van der Waals surface area contributed by atoms with E-state index >= 15 is 0 Å². The molecule has 4 saturated carbocycles. The zero-order valence-corrected chi connectivity index (χ0v) is 29.6. The average Bonchev–Trinajstić information content (AvgIpc) is 3.03. The van der Waals surface area contributed by atoms with Crippen molar-refractivity contribution in [1.29, 1.82) is 0 Å². The number of esters is 2. The fourth-order valence-electron chi connectivity index (χ4n) is 12.5. The van der Waals surface area contributed by atoms with Gasteiger partial charge in [-0.2, -0.15) is 0 Å². The van der Waals surface area contributed by atoms with E-state index in [1.165, 1.54) is 19.8 Å². The lowest BCUT2D eigenvalue weighted by molar-refractivity contribution is -0.308. The Bertz CT molecular complexity index is 1300. The molecular formula is C37H58O10. The van der Waals surface area contributed by atoms with Gasteiger partial charge in [0.2, 0.25) is 0 Å². The predicted octanol–water partition coefficient (Wildman–Crippen LogP) is 3.91. The van der Waals surface area contributed by atoms with Crippen molar-refractivity contribution in [3.63, 3.8) is 0 Å². The SMILES string of the molecule is COC(=O)[C@]12CC[C@@H](C)[C@@](C)(O)[C@H]1C1=CC[C@@H]3[C@@]4(C)CC[C@H](O[C@@H]5OC[C@@H](O)[C@H](O)[C@H]5O)[C@@](C)(C(=O)OC)[C@@H]4CC[C@@]3(C)[C@]1(C)CC2. The Hall–Kier alpha value is -1.56. The summed E-state index contributed by atoms with van der Waals surface area (Å²) in [5.41, 5.74) is -2.32. The Morgan fingerprint density at radius 2 is 1.53 bits per heavy atom. The highest BCUT2D eigenvalue weighted by atomic mass is 16.7. The van der Waals surface area contributed by atoms with Gasteiger partial charge in [-0.05, 0) is 106 Å². The van der Waals surface area contributed by atoms with Gasteiger partial charge in [0.1, 0.15) is 18.3 Å². The highest BCUT2D eigenvalue weighted by Crippen LogP contribution is 2.76. The van der Waals surface area contributed by atoms with Gasteiger partial charge in [-0.15, -0.1) is 0 Å². The Morgan fingerprint density at radius 3 is 2.19 bits per heavy atom. The molecule has 47 heavy (non-hydrogen) atoms. The van der Waals surface area contributed by atoms with Gasteiger partial charge in [-0.3, -0.25) is 9.59 Å². The Kier molecular flexibility index (Phi) is 8.62. The summed E-state index contributed by atoms with van der Waals surface area (Å²) >= 11 is 0. The molecule has 0 bridgehead atoms. The number of carbonyl (C=O) groups is 2. The summed E-state index contributed by atoms with van der Waals surface area (Å²) in [6.07, 6.45) is 3.17. The summed E-state index contributed by atoms with van der Waals surface area (Å²) in [6, 6.07) is 0. The molecule has 5 fully saturated rings. The molecule has 1 saturated heterocycles. The van der Waals surface area contributed by atoms with E-state index in [0.29, 0.717) is 19.3 Å². The minimum atomic E-state index is -1.45. The second-order valence-electron chi connectivity index (χ2n) is 17.2. The molecular weight excluding hydrogens is 604 g/mol. The molecule has 4 N–H and O–H groups in total. The van der Waals surface area contributed by atoms with Gasteiger partial charge < -0.3 is 39.4 Å². The number of carbonyl (C=O) groups excluding carboxylic acids is 2. The molecule has 6 aliphatic rings. The van der Waals surface area contributed by atoms with Crippen molar-refractivity contribution in [2.24, 2.45) is 50.7 Å². The fraction of sp³-hybridized carbons (Fsp3) is 0.892. The van der Waals surface area contributed by atoms with Crippen LogP contribution in [0.2, 0.25) is 0 Å². The first-order chi connectivity index (χ1) is 21.9. The molecule has 5 aliphatic carbocycles. The smallest absolute Gasteiger partial charge is 0.314 e. The van der Waals surface area contributed by atoms with Crippen LogP contribution in [0.1, 0.15) is 99.3 Å². The van der Waals surface area contributed by atoms with E-state index in [-0.39, 0.29) is 58.5 Å². The van der Waals surface area contributed by atoms with Crippen LogP contribution in [-0.4, -0.2) is 89.5 Å². The predicted molar refractivity (Wildman–Crippen MR) is 171 cm³/mol. The summed E-state index contributed by atoms with van der Waals surface area (Å²) in [4.78, 5) is 27.5. The molecule has 10 heteroatoms. The first-order valence-corrected chi connectivity index (χ1v) is 17.8. The molecule has 1 heterocycles. The third-order valence-electron chi connectivity index (χ3n) is 15.6. The van der Waals surface area contributed by atoms with Crippen LogP contribution in [0.3, 0.4) is 0 Å². The lowest BCUT2D eigenvalue weighted by Crippen LogP contribution is -2.69. The Labute approximate surface area is 279 Å². The molecule has 0 amide bonds. The number of aliphatic hydroxyl groups is 4. The lowest BCUT2D eigenvalue weighted by Gasteiger charge is -2.71. The van der Waals surface area contributed by atoms with Crippen molar-refractivity contribution in [3.05, 3.63) is 11.6 Å². The van der Waals surface area contributed by atoms with Gasteiger partial charge in [0, 0.05) is 5.92 Å². The molecule has 0 aromatic heterocycles. The maximum atomic E-state index is 13.9. The Morgan fingerprint density at radius 1 is 0.851 bits per heavy atom. The van der Waals surface area contributed by atoms with Crippen LogP contribution in [-0.2, 0) is 28.5 Å². The topological polar surface area (TPSA) is 152 Å². The second kappa shape index (κ2) is 11.5. The maximum Gasteiger partial charge on any atom is 0.314 e. The first-order valence-electron chi connectivity index (χ1n) is 17.8. The average molecular weight is 663 g/mol. The van der Waals surface area contributed by atoms with E-state index in [1.807, 2.05) is 13.8 Å². The number of rotatable bonds is 4. The molecule has 10 nitrogen and oxygen atoms in total. The van der Waals surface area contributed by atoms with E-state index < -0.39 is 47.1 Å². The third kappa shape index (κ3) is 4.56. The summed E-state index contributed by atoms with van der Waals surface area (Å²) in [5, 5.41) is 43.2. The van der Waals surface area contributed by atoms with Crippen molar-refractivity contribution >= 4 is 11.9 Å². The summed E-state index contributed by atoms with van der Waals surface area (Å²) in [7, 11) is 2.87. The van der Waals surface area contributed by atoms with Gasteiger partial charge >= 0.3 is 11.9 Å². The molecule has 266 valence electrons. The number of fused-ring (bicyclic) bond motifs is 7. The largest absolute Gasteiger partial charge is 0.469 e. The molecule has 0 spiro atoms. The molecule has 0 radical (unpaired) electrons. The standard InChI is InChI=1S/C37H58O10/c1-20-11-16-37(31(42)45-8)18-17-33(3)21(28(37)36(20,6)43)9-10-23-32(2)14-13-25(47-29-27(40)26(39)22(38)19-46-29)35(5,30(41)44-7)24(32)12-15-34(23,33)4/h9,20,22-29,38-40,43H,10-19H2,1-8H3/t20-,22-,23-,24-,25+,26+,27-,28-,29+,32-,33-,34-,35+,36-,37+/m1/s1. The normalized spacial score (nSPS) is 54.1. The van der Waals surface area contributed by atoms with Gasteiger partial charge in [0.25, 0.3) is 0 Å². The van der Waals surface area contributed by atoms with Crippen LogP contribution in [0.15, 0.2) is 11.6 Å². The summed E-state index contributed by atoms with van der Waals surface area (Å²) in [6.45, 7) is 12.9. The van der Waals surface area contributed by atoms with Crippen molar-refractivity contribution < 1.29 is 49.0 Å². The minimum Gasteiger partial charge on any atom is -0.469 e. The van der Waals surface area contributed by atoms with Crippen LogP contribution in [0.25, 0.3) is 0 Å². The van der Waals surface area contributed by atoms with Crippen LogP contribution in [0.5, 0.6) is 0 Å². The zero-order valence-electron chi connectivity index (χ0n) is 29.6. The van der Waals surface area contributed by atoms with Crippen molar-refractivity contribution in [2.45, 2.75) is 136 Å². The van der Waals surface area contributed by atoms with Crippen molar-refractivity contribution in [1.82, 2.24) is 0 Å². The molecule has 0 unspecified atom stereocenters. The highest BCUT2D eigenvalue weighted by molar-refractivity contribution is 5.79. The molecule has 0 aromatic rings. The monoisotopic (exact) mass is 662 g/mol. The van der Waals surface area contributed by atoms with Gasteiger partial charge in [-0.1, -0.05) is 39.3 Å². The number of aliphatic hydroxyl groups excluding tert-OH is 3. The summed E-state index contributed by atoms with van der Waals surface area (Å²) in [5.74, 6) is -0.726. The van der Waals surface area contributed by atoms with E-state index in [4.69, 9.17) is 18.9 Å². The lowest BCUT2D eigenvalue weighted by atomic mass is 9.33. The highest BCUT2D eigenvalue weighted by Gasteiger charge is 2.73. The third-order valence-corrected chi connectivity index (χ3v) is 15.6. The van der Waals surface area contributed by atoms with Crippen LogP contribution in [0.4, 0.5) is 0 Å². The number of ether oxygens (including phenoxy) is 4. The van der Waals surface area contributed by atoms with Crippen molar-refractivity contribution in [2.75, 3.05) is 20.8 Å². The molecule has 15 atom stereocenters. The summed E-state index contributed by atoms with van der Waals surface area (Å²) < 4.78 is 22.9. The maximum absolute atomic E-state index is 13.9. The quantitative estimate of drug-likeness (QED) is 0.198. The van der Waals surface area contributed by atoms with Gasteiger partial charge in [-0.25, -0.2) is 0 Å². The number of hydrogen-bond donors (Lipinski definition) is 4. The van der Waals surface area contributed by atoms with E-state index in [9.17, 15) is 30.0 Å². The molecule has 0 aromatic carbocycles. The van der Waals surface area contributed by atoms with Crippen LogP contribution in [0, 0.1) is 50.7 Å². The van der Waals surface area contributed by atoms with Crippen LogP contribution >= 0.6 is 0 Å². The number of hydrogen-bond acceptors (Lipinski definition) is 10. The van der Waals surface area contributed by atoms with E-state index in [2.05, 4.69) is 33.8 Å². The van der Waals surface area contributed by atoms with Gasteiger partial charge in [0.05, 0.1) is 43.4 Å². The minimum absolute atomic E-state index is 0.0411. The van der Waals surface area contributed by atoms with E-state index in [1.54, 1.807) is 0 Å². The number of methoxy groups -OCH3 is 2. The zero-order chi connectivity index (χ0) is 34.5. The molecule has 6 rings (SSSR count). The second-order valence-corrected chi connectivity index (χ2v) is 17.2. The fourth-order valence-corrected chi connectivity index (χ4v) is 12.5. The van der Waals surface area contributed by atoms with Crippen molar-refractivity contribution in [3.8, 4) is 0 Å². The van der Waals surface area contributed by atoms with E-state index in [0.717, 1.165) is 38.5 Å². The van der Waals surface area contributed by atoms with Crippen LogP contribution < -0.4 is 0 Å². The van der Waals surface area contributed by atoms with Gasteiger partial charge in [0.15, 0.2) is 6.29 Å². The molecule has 1 aliphatic heterocycles. The first kappa shape index (κ1) is 35.3.